The number of allylic oxidation sites excluding steroid dienone is 2. The van der Waals surface area contributed by atoms with Gasteiger partial charge in [0.15, 0.2) is 5.79 Å². The van der Waals surface area contributed by atoms with Gasteiger partial charge in [-0.05, 0) is 43.1 Å². The fourth-order valence-electron chi connectivity index (χ4n) is 3.68. The summed E-state index contributed by atoms with van der Waals surface area (Å²) in [5.74, 6) is -0.287. The van der Waals surface area contributed by atoms with Crippen LogP contribution in [-0.4, -0.2) is 25.3 Å². The summed E-state index contributed by atoms with van der Waals surface area (Å²) >= 11 is 0. The molecule has 3 aliphatic rings. The fraction of sp³-hybridized carbons (Fsp3) is 0.786. The van der Waals surface area contributed by atoms with Gasteiger partial charge in [-0.15, -0.1) is 0 Å². The molecule has 1 saturated carbocycles. The summed E-state index contributed by atoms with van der Waals surface area (Å²) in [6.07, 6.45) is 10.7. The van der Waals surface area contributed by atoms with E-state index in [1.807, 2.05) is 0 Å². The van der Waals surface area contributed by atoms with Gasteiger partial charge in [0.2, 0.25) is 0 Å². The molecule has 3 nitrogen and oxygen atoms in total. The van der Waals surface area contributed by atoms with E-state index in [1.54, 1.807) is 0 Å². The van der Waals surface area contributed by atoms with Crippen LogP contribution in [0.1, 0.15) is 44.9 Å². The molecule has 0 amide bonds. The van der Waals surface area contributed by atoms with Crippen molar-refractivity contribution in [3.05, 3.63) is 11.6 Å². The fourth-order valence-corrected chi connectivity index (χ4v) is 3.68. The van der Waals surface area contributed by atoms with E-state index in [9.17, 15) is 4.79 Å². The van der Waals surface area contributed by atoms with Crippen molar-refractivity contribution in [2.24, 2.45) is 5.41 Å². The van der Waals surface area contributed by atoms with Crippen LogP contribution in [0.4, 0.5) is 0 Å². The standard InChI is InChI=1S/C14H20O3/c15-10-12-2-6-13(7-3-12)4-1-5-14(11-13)16-8-9-17-14/h2,10H,1,3-9,11H2/t13-/m1/s1. The monoisotopic (exact) mass is 236 g/mol. The Morgan fingerprint density at radius 3 is 2.65 bits per heavy atom. The number of hydrogen-bond acceptors (Lipinski definition) is 3. The summed E-state index contributed by atoms with van der Waals surface area (Å²) in [5.41, 5.74) is 1.30. The number of ether oxygens (including phenoxy) is 2. The van der Waals surface area contributed by atoms with E-state index in [4.69, 9.17) is 9.47 Å². The minimum atomic E-state index is -0.287. The first-order chi connectivity index (χ1) is 8.26. The zero-order valence-electron chi connectivity index (χ0n) is 10.2. The van der Waals surface area contributed by atoms with E-state index < -0.39 is 0 Å². The van der Waals surface area contributed by atoms with Gasteiger partial charge in [-0.25, -0.2) is 0 Å². The Morgan fingerprint density at radius 1 is 1.18 bits per heavy atom. The second kappa shape index (κ2) is 4.21. The molecule has 0 N–H and O–H groups in total. The predicted molar refractivity (Wildman–Crippen MR) is 63.5 cm³/mol. The van der Waals surface area contributed by atoms with Gasteiger partial charge in [0.25, 0.3) is 0 Å². The van der Waals surface area contributed by atoms with E-state index in [2.05, 4.69) is 6.08 Å². The van der Waals surface area contributed by atoms with Gasteiger partial charge in [-0.1, -0.05) is 6.08 Å². The quantitative estimate of drug-likeness (QED) is 0.656. The lowest BCUT2D eigenvalue weighted by Crippen LogP contribution is -2.43. The summed E-state index contributed by atoms with van der Waals surface area (Å²) in [6.45, 7) is 1.48. The number of carbonyl (C=O) groups is 1. The molecular weight excluding hydrogens is 216 g/mol. The Balaban J connectivity index is 1.75. The Labute approximate surface area is 102 Å². The Bertz CT molecular complexity index is 341. The molecule has 3 heteroatoms. The maximum atomic E-state index is 10.8. The first kappa shape index (κ1) is 11.4. The minimum Gasteiger partial charge on any atom is -0.348 e. The van der Waals surface area contributed by atoms with Crippen LogP contribution < -0.4 is 0 Å². The highest BCUT2D eigenvalue weighted by atomic mass is 16.7. The maximum Gasteiger partial charge on any atom is 0.169 e. The van der Waals surface area contributed by atoms with Gasteiger partial charge < -0.3 is 9.47 Å². The molecule has 1 atom stereocenters. The average Bonchev–Trinajstić information content (AvgIpc) is 2.78. The van der Waals surface area contributed by atoms with E-state index in [0.29, 0.717) is 5.41 Å². The summed E-state index contributed by atoms with van der Waals surface area (Å²) in [6, 6.07) is 0. The molecule has 0 aromatic carbocycles. The second-order valence-electron chi connectivity index (χ2n) is 5.74. The van der Waals surface area contributed by atoms with Crippen LogP contribution >= 0.6 is 0 Å². The van der Waals surface area contributed by atoms with Crippen molar-refractivity contribution < 1.29 is 14.3 Å². The van der Waals surface area contributed by atoms with Gasteiger partial charge in [0, 0.05) is 12.8 Å². The van der Waals surface area contributed by atoms with E-state index >= 15 is 0 Å². The lowest BCUT2D eigenvalue weighted by Gasteiger charge is -2.46. The van der Waals surface area contributed by atoms with Crippen molar-refractivity contribution in [3.63, 3.8) is 0 Å². The van der Waals surface area contributed by atoms with E-state index in [1.165, 1.54) is 12.8 Å². The molecule has 0 unspecified atom stereocenters. The van der Waals surface area contributed by atoms with E-state index in [-0.39, 0.29) is 5.79 Å². The van der Waals surface area contributed by atoms with Gasteiger partial charge in [0.1, 0.15) is 6.29 Å². The summed E-state index contributed by atoms with van der Waals surface area (Å²) < 4.78 is 11.7. The summed E-state index contributed by atoms with van der Waals surface area (Å²) in [4.78, 5) is 10.8. The minimum absolute atomic E-state index is 0.287. The van der Waals surface area contributed by atoms with Crippen LogP contribution in [0, 0.1) is 5.41 Å². The molecule has 0 aromatic rings. The molecule has 0 aromatic heterocycles. The van der Waals surface area contributed by atoms with Crippen LogP contribution in [0.3, 0.4) is 0 Å². The molecule has 1 saturated heterocycles. The summed E-state index contributed by atoms with van der Waals surface area (Å²) in [5, 5.41) is 0. The third kappa shape index (κ3) is 2.06. The smallest absolute Gasteiger partial charge is 0.169 e. The van der Waals surface area contributed by atoms with Gasteiger partial charge in [0.05, 0.1) is 13.2 Å². The van der Waals surface area contributed by atoms with Gasteiger partial charge >= 0.3 is 0 Å². The Hall–Kier alpha value is -0.670. The van der Waals surface area contributed by atoms with Crippen LogP contribution in [0.5, 0.6) is 0 Å². The first-order valence-electron chi connectivity index (χ1n) is 6.68. The highest BCUT2D eigenvalue weighted by Crippen LogP contribution is 2.52. The van der Waals surface area contributed by atoms with Crippen LogP contribution in [0.15, 0.2) is 11.6 Å². The SMILES string of the molecule is O=CC1=CC[C@]2(CCCC3(C2)OCCO3)CC1. The number of carbonyl (C=O) groups excluding carboxylic acids is 1. The van der Waals surface area contributed by atoms with E-state index in [0.717, 1.165) is 57.2 Å². The van der Waals surface area contributed by atoms with Crippen molar-refractivity contribution >= 4 is 6.29 Å². The van der Waals surface area contributed by atoms with Crippen molar-refractivity contribution in [2.45, 2.75) is 50.7 Å². The second-order valence-corrected chi connectivity index (χ2v) is 5.74. The molecule has 2 spiro atoms. The normalized spacial score (nSPS) is 36.1. The molecule has 94 valence electrons. The molecule has 3 rings (SSSR count). The zero-order chi connectivity index (χ0) is 11.8. The van der Waals surface area contributed by atoms with Crippen LogP contribution in [-0.2, 0) is 14.3 Å². The first-order valence-corrected chi connectivity index (χ1v) is 6.68. The highest BCUT2D eigenvalue weighted by molar-refractivity contribution is 5.73. The third-order valence-electron chi connectivity index (χ3n) is 4.62. The van der Waals surface area contributed by atoms with Gasteiger partial charge in [-0.2, -0.15) is 0 Å². The maximum absolute atomic E-state index is 10.8. The van der Waals surface area contributed by atoms with Crippen molar-refractivity contribution in [3.8, 4) is 0 Å². The summed E-state index contributed by atoms with van der Waals surface area (Å²) in [7, 11) is 0. The van der Waals surface area contributed by atoms with Gasteiger partial charge in [-0.3, -0.25) is 4.79 Å². The molecule has 2 fully saturated rings. The van der Waals surface area contributed by atoms with Crippen LogP contribution in [0.2, 0.25) is 0 Å². The molecule has 17 heavy (non-hydrogen) atoms. The van der Waals surface area contributed by atoms with Crippen molar-refractivity contribution in [1.82, 2.24) is 0 Å². The Kier molecular flexibility index (Phi) is 2.83. The van der Waals surface area contributed by atoms with Crippen molar-refractivity contribution in [1.29, 1.82) is 0 Å². The Morgan fingerprint density at radius 2 is 2.00 bits per heavy atom. The molecule has 1 heterocycles. The molecule has 1 aliphatic heterocycles. The van der Waals surface area contributed by atoms with Crippen LogP contribution in [0.25, 0.3) is 0 Å². The predicted octanol–water partition coefficient (Wildman–Crippen LogP) is 2.60. The number of rotatable bonds is 1. The largest absolute Gasteiger partial charge is 0.348 e. The third-order valence-corrected chi connectivity index (χ3v) is 4.62. The lowest BCUT2D eigenvalue weighted by molar-refractivity contribution is -0.203. The molecule has 2 aliphatic carbocycles. The average molecular weight is 236 g/mol. The topological polar surface area (TPSA) is 35.5 Å². The molecule has 0 radical (unpaired) electrons. The number of hydrogen-bond donors (Lipinski definition) is 0. The number of aldehydes is 1. The molecule has 0 bridgehead atoms. The zero-order valence-corrected chi connectivity index (χ0v) is 10.2. The molecular formula is C14H20O3. The highest BCUT2D eigenvalue weighted by Gasteiger charge is 2.48. The van der Waals surface area contributed by atoms with Crippen molar-refractivity contribution in [2.75, 3.05) is 13.2 Å². The lowest BCUT2D eigenvalue weighted by atomic mass is 9.64.